The highest BCUT2D eigenvalue weighted by Gasteiger charge is 2.26. The molecule has 5 aromatic rings. The molecule has 0 fully saturated rings. The van der Waals surface area contributed by atoms with Crippen molar-refractivity contribution in [1.82, 2.24) is 20.6 Å². The lowest BCUT2D eigenvalue weighted by Crippen LogP contribution is -2.48. The second-order valence-corrected chi connectivity index (χ2v) is 9.86. The second kappa shape index (κ2) is 11.6. The molecule has 0 saturated carbocycles. The number of amides is 1. The molecule has 0 spiro atoms. The first kappa shape index (κ1) is 25.6. The SMILES string of the molecule is O=C(N[C@@H](Cc1ccccc1)[C@H](O)CNCc1nc2ccccc2[nH]1)C1=Cc2ccccc2Oc2ccccc21. The molecule has 1 amide bonds. The van der Waals surface area contributed by atoms with Gasteiger partial charge in [-0.1, -0.05) is 78.9 Å². The minimum Gasteiger partial charge on any atom is -0.456 e. The summed E-state index contributed by atoms with van der Waals surface area (Å²) in [6.45, 7) is 0.737. The molecule has 1 aliphatic heterocycles. The molecule has 40 heavy (non-hydrogen) atoms. The number of ether oxygens (including phenoxy) is 1. The molecule has 0 aliphatic carbocycles. The lowest BCUT2D eigenvalue weighted by atomic mass is 9.98. The largest absolute Gasteiger partial charge is 0.456 e. The first-order valence-corrected chi connectivity index (χ1v) is 13.4. The average molecular weight is 531 g/mol. The summed E-state index contributed by atoms with van der Waals surface area (Å²) in [5.74, 6) is 1.82. The van der Waals surface area contributed by atoms with E-state index < -0.39 is 12.1 Å². The van der Waals surface area contributed by atoms with Crippen LogP contribution in [-0.2, 0) is 17.8 Å². The van der Waals surface area contributed by atoms with Crippen molar-refractivity contribution in [2.45, 2.75) is 25.1 Å². The molecule has 1 aromatic heterocycles. The number of H-pyrrole nitrogens is 1. The summed E-state index contributed by atoms with van der Waals surface area (Å²) in [7, 11) is 0. The van der Waals surface area contributed by atoms with Crippen molar-refractivity contribution in [3.05, 3.63) is 126 Å². The van der Waals surface area contributed by atoms with Crippen molar-refractivity contribution in [1.29, 1.82) is 0 Å². The molecule has 4 aromatic carbocycles. The average Bonchev–Trinajstić information content (AvgIpc) is 3.31. The van der Waals surface area contributed by atoms with Crippen LogP contribution in [0.3, 0.4) is 0 Å². The van der Waals surface area contributed by atoms with Crippen LogP contribution in [0.1, 0.15) is 22.5 Å². The number of benzene rings is 4. The minimum atomic E-state index is -0.848. The van der Waals surface area contributed by atoms with Gasteiger partial charge in [0.2, 0.25) is 0 Å². The number of nitrogens with zero attached hydrogens (tertiary/aromatic N) is 1. The fraction of sp³-hybridized carbons (Fsp3) is 0.152. The number of rotatable bonds is 9. The third-order valence-corrected chi connectivity index (χ3v) is 7.02. The van der Waals surface area contributed by atoms with Gasteiger partial charge in [0.05, 0.1) is 35.3 Å². The fourth-order valence-corrected chi connectivity index (χ4v) is 4.98. The number of carbonyl (C=O) groups excluding carboxylic acids is 1. The highest BCUT2D eigenvalue weighted by Crippen LogP contribution is 2.37. The van der Waals surface area contributed by atoms with E-state index in [-0.39, 0.29) is 12.5 Å². The van der Waals surface area contributed by atoms with Gasteiger partial charge in [0.15, 0.2) is 0 Å². The third-order valence-electron chi connectivity index (χ3n) is 7.02. The Morgan fingerprint density at radius 2 is 1.60 bits per heavy atom. The van der Waals surface area contributed by atoms with E-state index in [4.69, 9.17) is 4.74 Å². The van der Waals surface area contributed by atoms with E-state index in [0.717, 1.165) is 28.0 Å². The molecule has 0 radical (unpaired) electrons. The fourth-order valence-electron chi connectivity index (χ4n) is 4.98. The van der Waals surface area contributed by atoms with Gasteiger partial charge in [0.1, 0.15) is 17.3 Å². The normalized spacial score (nSPS) is 13.8. The Bertz CT molecular complexity index is 1630. The molecule has 6 rings (SSSR count). The van der Waals surface area contributed by atoms with Crippen LogP contribution < -0.4 is 15.4 Å². The van der Waals surface area contributed by atoms with Crippen molar-refractivity contribution in [2.75, 3.05) is 6.54 Å². The monoisotopic (exact) mass is 530 g/mol. The zero-order valence-electron chi connectivity index (χ0n) is 21.9. The molecule has 7 nitrogen and oxygen atoms in total. The van der Waals surface area contributed by atoms with E-state index in [1.165, 1.54) is 0 Å². The first-order valence-electron chi connectivity index (χ1n) is 13.4. The molecule has 7 heteroatoms. The van der Waals surface area contributed by atoms with Crippen LogP contribution in [0.2, 0.25) is 0 Å². The third kappa shape index (κ3) is 5.66. The van der Waals surface area contributed by atoms with E-state index in [9.17, 15) is 9.90 Å². The van der Waals surface area contributed by atoms with E-state index in [1.54, 1.807) is 0 Å². The Morgan fingerprint density at radius 1 is 0.875 bits per heavy atom. The van der Waals surface area contributed by atoms with Gasteiger partial charge in [-0.05, 0) is 42.3 Å². The van der Waals surface area contributed by atoms with Gasteiger partial charge in [-0.25, -0.2) is 4.98 Å². The standard InChI is InChI=1S/C33H30N4O3/c38-29(20-34-21-32-35-26-14-6-7-15-27(26)36-32)28(18-22-10-2-1-3-11-22)37-33(39)25-19-23-12-4-8-16-30(23)40-31-17-9-5-13-24(25)31/h1-17,19,28-29,34,38H,18,20-21H2,(H,35,36)(H,37,39)/t28-,29+/m0/s1. The molecular weight excluding hydrogens is 500 g/mol. The van der Waals surface area contributed by atoms with Gasteiger partial charge in [-0.2, -0.15) is 0 Å². The van der Waals surface area contributed by atoms with E-state index in [0.29, 0.717) is 35.6 Å². The Hall–Kier alpha value is -4.72. The quantitative estimate of drug-likeness (QED) is 0.213. The second-order valence-electron chi connectivity index (χ2n) is 9.86. The molecule has 2 heterocycles. The number of aromatic amines is 1. The number of imidazole rings is 1. The van der Waals surface area contributed by atoms with Gasteiger partial charge >= 0.3 is 0 Å². The number of nitrogens with one attached hydrogen (secondary N) is 3. The molecule has 1 aliphatic rings. The van der Waals surface area contributed by atoms with Crippen LogP contribution in [-0.4, -0.2) is 39.7 Å². The lowest BCUT2D eigenvalue weighted by Gasteiger charge is -2.25. The zero-order chi connectivity index (χ0) is 27.3. The van der Waals surface area contributed by atoms with Crippen molar-refractivity contribution in [3.8, 4) is 11.5 Å². The van der Waals surface area contributed by atoms with Crippen molar-refractivity contribution in [2.24, 2.45) is 0 Å². The van der Waals surface area contributed by atoms with E-state index >= 15 is 0 Å². The Morgan fingerprint density at radius 3 is 2.45 bits per heavy atom. The molecule has 0 saturated heterocycles. The van der Waals surface area contributed by atoms with E-state index in [2.05, 4.69) is 20.6 Å². The molecule has 0 bridgehead atoms. The number of aliphatic hydroxyl groups excluding tert-OH is 1. The lowest BCUT2D eigenvalue weighted by molar-refractivity contribution is -0.117. The highest BCUT2D eigenvalue weighted by molar-refractivity contribution is 6.25. The maximum atomic E-state index is 13.8. The van der Waals surface area contributed by atoms with Gasteiger partial charge in [0, 0.05) is 17.7 Å². The number of aliphatic hydroxyl groups is 1. The minimum absolute atomic E-state index is 0.273. The molecular formula is C33H30N4O3. The van der Waals surface area contributed by atoms with Crippen molar-refractivity contribution < 1.29 is 14.6 Å². The number of hydrogen-bond acceptors (Lipinski definition) is 5. The zero-order valence-corrected chi connectivity index (χ0v) is 21.9. The van der Waals surface area contributed by atoms with Gasteiger partial charge in [-0.15, -0.1) is 0 Å². The number of para-hydroxylation sites is 4. The summed E-state index contributed by atoms with van der Waals surface area (Å²) < 4.78 is 6.15. The molecule has 4 N–H and O–H groups in total. The van der Waals surface area contributed by atoms with Gasteiger partial charge in [0.25, 0.3) is 5.91 Å². The van der Waals surface area contributed by atoms with E-state index in [1.807, 2.05) is 109 Å². The Kier molecular flexibility index (Phi) is 7.39. The first-order chi connectivity index (χ1) is 19.6. The number of carbonyl (C=O) groups is 1. The predicted molar refractivity (Wildman–Crippen MR) is 157 cm³/mol. The van der Waals surface area contributed by atoms with Crippen LogP contribution in [0, 0.1) is 0 Å². The van der Waals surface area contributed by atoms with Gasteiger partial charge in [-0.3, -0.25) is 4.79 Å². The highest BCUT2D eigenvalue weighted by atomic mass is 16.5. The Balaban J connectivity index is 1.22. The van der Waals surface area contributed by atoms with Crippen LogP contribution in [0.4, 0.5) is 0 Å². The maximum Gasteiger partial charge on any atom is 0.252 e. The Labute approximate surface area is 232 Å². The maximum absolute atomic E-state index is 13.8. The van der Waals surface area contributed by atoms with Gasteiger partial charge < -0.3 is 25.5 Å². The number of hydrogen-bond donors (Lipinski definition) is 4. The summed E-state index contributed by atoms with van der Waals surface area (Å²) in [6.07, 6.45) is 1.48. The molecule has 0 unspecified atom stereocenters. The van der Waals surface area contributed by atoms with Crippen molar-refractivity contribution >= 4 is 28.6 Å². The van der Waals surface area contributed by atoms with Crippen LogP contribution in [0.25, 0.3) is 22.7 Å². The summed E-state index contributed by atoms with van der Waals surface area (Å²) >= 11 is 0. The summed E-state index contributed by atoms with van der Waals surface area (Å²) in [4.78, 5) is 21.7. The summed E-state index contributed by atoms with van der Waals surface area (Å²) in [6, 6.07) is 32.3. The van der Waals surface area contributed by atoms with Crippen LogP contribution in [0.15, 0.2) is 103 Å². The molecule has 200 valence electrons. The molecule has 2 atom stereocenters. The van der Waals surface area contributed by atoms with Crippen LogP contribution >= 0.6 is 0 Å². The summed E-state index contributed by atoms with van der Waals surface area (Å²) in [5.41, 5.74) is 4.89. The number of aromatic nitrogens is 2. The topological polar surface area (TPSA) is 99.3 Å². The van der Waals surface area contributed by atoms with Crippen molar-refractivity contribution in [3.63, 3.8) is 0 Å². The number of fused-ring (bicyclic) bond motifs is 3. The smallest absolute Gasteiger partial charge is 0.252 e. The summed E-state index contributed by atoms with van der Waals surface area (Å²) in [5, 5.41) is 17.7. The van der Waals surface area contributed by atoms with Crippen LogP contribution in [0.5, 0.6) is 11.5 Å². The predicted octanol–water partition coefficient (Wildman–Crippen LogP) is 5.09.